The van der Waals surface area contributed by atoms with Crippen molar-refractivity contribution in [2.75, 3.05) is 32.4 Å². The third-order valence-corrected chi connectivity index (χ3v) is 5.24. The average Bonchev–Trinajstić information content (AvgIpc) is 2.69. The van der Waals surface area contributed by atoms with E-state index in [1.54, 1.807) is 0 Å². The van der Waals surface area contributed by atoms with Crippen molar-refractivity contribution >= 4 is 36.4 Å². The molecule has 154 valence electrons. The first-order valence-electron chi connectivity index (χ1n) is 9.34. The number of pyridine rings is 1. The highest BCUT2D eigenvalue weighted by atomic mass is 35.5. The molecule has 28 heavy (non-hydrogen) atoms. The summed E-state index contributed by atoms with van der Waals surface area (Å²) in [5.74, 6) is 0.182. The number of aromatic nitrogens is 1. The van der Waals surface area contributed by atoms with Crippen LogP contribution in [0.4, 0.5) is 5.69 Å². The van der Waals surface area contributed by atoms with Crippen molar-refractivity contribution in [2.45, 2.75) is 31.7 Å². The lowest BCUT2D eigenvalue weighted by atomic mass is 10.0. The number of nitrogens with zero attached hydrogens (tertiary/aromatic N) is 3. The lowest BCUT2D eigenvalue weighted by molar-refractivity contribution is -0.132. The Labute approximate surface area is 180 Å². The number of nitrogen functional groups attached to an aromatic ring is 1. The maximum Gasteiger partial charge on any atom is 0.226 e. The number of likely N-dealkylation sites (N-methyl/N-ethyl adjacent to an activating group) is 1. The van der Waals surface area contributed by atoms with Gasteiger partial charge in [-0.25, -0.2) is 0 Å². The second-order valence-electron chi connectivity index (χ2n) is 7.07. The molecule has 0 unspecified atom stereocenters. The maximum absolute atomic E-state index is 12.6. The number of carbonyl (C=O) groups excluding carboxylic acids is 1. The molecule has 1 amide bonds. The lowest BCUT2D eigenvalue weighted by Crippen LogP contribution is -2.46. The predicted molar refractivity (Wildman–Crippen MR) is 119 cm³/mol. The first kappa shape index (κ1) is 24.2. The number of hydrogen-bond acceptors (Lipinski definition) is 4. The monoisotopic (exact) mass is 424 g/mol. The summed E-state index contributed by atoms with van der Waals surface area (Å²) in [4.78, 5) is 21.4. The maximum atomic E-state index is 12.6. The molecule has 7 heteroatoms. The fourth-order valence-electron chi connectivity index (χ4n) is 3.49. The van der Waals surface area contributed by atoms with Crippen LogP contribution >= 0.6 is 24.8 Å². The molecule has 1 fully saturated rings. The van der Waals surface area contributed by atoms with Crippen molar-refractivity contribution < 1.29 is 4.79 Å². The third kappa shape index (κ3) is 6.97. The van der Waals surface area contributed by atoms with Crippen LogP contribution in [0.5, 0.6) is 0 Å². The summed E-state index contributed by atoms with van der Waals surface area (Å²) < 4.78 is 0. The van der Waals surface area contributed by atoms with E-state index in [-0.39, 0.29) is 30.7 Å². The van der Waals surface area contributed by atoms with Crippen LogP contribution in [0.15, 0.2) is 48.7 Å². The molecule has 1 aromatic heterocycles. The van der Waals surface area contributed by atoms with Gasteiger partial charge in [0, 0.05) is 56.7 Å². The molecule has 0 radical (unpaired) electrons. The number of likely N-dealkylation sites (tertiary alicyclic amines) is 1. The summed E-state index contributed by atoms with van der Waals surface area (Å²) in [6.07, 6.45) is 5.34. The largest absolute Gasteiger partial charge is 0.399 e. The van der Waals surface area contributed by atoms with E-state index in [4.69, 9.17) is 5.73 Å². The molecule has 2 aromatic rings. The summed E-state index contributed by atoms with van der Waals surface area (Å²) in [7, 11) is 1.94. The number of anilines is 1. The summed E-state index contributed by atoms with van der Waals surface area (Å²) in [6.45, 7) is 3.11. The Morgan fingerprint density at radius 2 is 1.82 bits per heavy atom. The van der Waals surface area contributed by atoms with Crippen molar-refractivity contribution in [3.63, 3.8) is 0 Å². The molecule has 1 aromatic carbocycles. The zero-order valence-corrected chi connectivity index (χ0v) is 17.9. The SMILES string of the molecule is CN(C(=O)Cc1ccc(N)cc1)C1CCN(CCc2ccccn2)CC1.Cl.Cl. The quantitative estimate of drug-likeness (QED) is 0.722. The van der Waals surface area contributed by atoms with Gasteiger partial charge in [-0.15, -0.1) is 24.8 Å². The number of rotatable bonds is 6. The first-order valence-corrected chi connectivity index (χ1v) is 9.34. The van der Waals surface area contributed by atoms with E-state index in [0.29, 0.717) is 12.5 Å². The molecular formula is C21H30Cl2N4O. The molecule has 0 bridgehead atoms. The number of benzene rings is 1. The van der Waals surface area contributed by atoms with Gasteiger partial charge in [0.1, 0.15) is 0 Å². The first-order chi connectivity index (χ1) is 12.6. The highest BCUT2D eigenvalue weighted by molar-refractivity contribution is 5.85. The van der Waals surface area contributed by atoms with Crippen LogP contribution in [0, 0.1) is 0 Å². The van der Waals surface area contributed by atoms with Crippen LogP contribution in [0.1, 0.15) is 24.1 Å². The number of carbonyl (C=O) groups is 1. The Morgan fingerprint density at radius 3 is 2.43 bits per heavy atom. The molecule has 5 nitrogen and oxygen atoms in total. The minimum atomic E-state index is 0. The Morgan fingerprint density at radius 1 is 1.14 bits per heavy atom. The lowest BCUT2D eigenvalue weighted by Gasteiger charge is -2.36. The van der Waals surface area contributed by atoms with Crippen LogP contribution in [-0.2, 0) is 17.6 Å². The molecule has 2 N–H and O–H groups in total. The van der Waals surface area contributed by atoms with Crippen molar-refractivity contribution in [3.8, 4) is 0 Å². The van der Waals surface area contributed by atoms with Crippen molar-refractivity contribution in [1.29, 1.82) is 0 Å². The van der Waals surface area contributed by atoms with Gasteiger partial charge >= 0.3 is 0 Å². The Kier molecular flexibility index (Phi) is 10.3. The van der Waals surface area contributed by atoms with E-state index in [0.717, 1.165) is 55.8 Å². The van der Waals surface area contributed by atoms with Gasteiger partial charge < -0.3 is 15.5 Å². The molecule has 1 saturated heterocycles. The van der Waals surface area contributed by atoms with E-state index in [9.17, 15) is 4.79 Å². The predicted octanol–water partition coefficient (Wildman–Crippen LogP) is 3.22. The van der Waals surface area contributed by atoms with E-state index in [2.05, 4.69) is 16.0 Å². The van der Waals surface area contributed by atoms with Gasteiger partial charge in [-0.05, 0) is 42.7 Å². The van der Waals surface area contributed by atoms with Gasteiger partial charge in [0.15, 0.2) is 0 Å². The van der Waals surface area contributed by atoms with E-state index >= 15 is 0 Å². The zero-order chi connectivity index (χ0) is 18.4. The standard InChI is InChI=1S/C21H28N4O.2ClH/c1-24(21(26)16-17-5-7-18(22)8-6-17)20-10-14-25(15-11-20)13-9-19-4-2-3-12-23-19;;/h2-8,12,20H,9-11,13-16,22H2,1H3;2*1H. The Balaban J connectivity index is 0.00000196. The summed E-state index contributed by atoms with van der Waals surface area (Å²) in [6, 6.07) is 14.0. The second kappa shape index (κ2) is 11.9. The Bertz CT molecular complexity index is 704. The Hall–Kier alpha value is -1.82. The van der Waals surface area contributed by atoms with Gasteiger partial charge in [0.2, 0.25) is 5.91 Å². The van der Waals surface area contributed by atoms with Crippen molar-refractivity contribution in [2.24, 2.45) is 0 Å². The normalized spacial score (nSPS) is 14.6. The number of hydrogen-bond donors (Lipinski definition) is 1. The molecule has 0 saturated carbocycles. The molecule has 1 aliphatic heterocycles. The summed E-state index contributed by atoms with van der Waals surface area (Å²) in [5, 5.41) is 0. The van der Waals surface area contributed by atoms with E-state index < -0.39 is 0 Å². The summed E-state index contributed by atoms with van der Waals surface area (Å²) in [5.41, 5.74) is 8.60. The van der Waals surface area contributed by atoms with Crippen LogP contribution in [0.3, 0.4) is 0 Å². The average molecular weight is 425 g/mol. The smallest absolute Gasteiger partial charge is 0.226 e. The van der Waals surface area contributed by atoms with Crippen LogP contribution < -0.4 is 5.73 Å². The van der Waals surface area contributed by atoms with E-state index in [1.807, 2.05) is 54.5 Å². The fourth-order valence-corrected chi connectivity index (χ4v) is 3.49. The number of piperidine rings is 1. The highest BCUT2D eigenvalue weighted by Crippen LogP contribution is 2.17. The molecule has 0 atom stereocenters. The molecule has 1 aliphatic rings. The van der Waals surface area contributed by atoms with Crippen LogP contribution in [0.25, 0.3) is 0 Å². The number of nitrogens with two attached hydrogens (primary N) is 1. The molecule has 0 spiro atoms. The van der Waals surface area contributed by atoms with Gasteiger partial charge in [-0.2, -0.15) is 0 Å². The van der Waals surface area contributed by atoms with Gasteiger partial charge in [-0.1, -0.05) is 18.2 Å². The number of amides is 1. The molecule has 3 rings (SSSR count). The van der Waals surface area contributed by atoms with Gasteiger partial charge in [0.25, 0.3) is 0 Å². The minimum Gasteiger partial charge on any atom is -0.399 e. The number of halogens is 2. The summed E-state index contributed by atoms with van der Waals surface area (Å²) >= 11 is 0. The zero-order valence-electron chi connectivity index (χ0n) is 16.3. The van der Waals surface area contributed by atoms with Crippen LogP contribution in [-0.4, -0.2) is 53.4 Å². The van der Waals surface area contributed by atoms with Crippen LogP contribution in [0.2, 0.25) is 0 Å². The molecule has 2 heterocycles. The molecule has 0 aliphatic carbocycles. The second-order valence-corrected chi connectivity index (χ2v) is 7.07. The minimum absolute atomic E-state index is 0. The highest BCUT2D eigenvalue weighted by Gasteiger charge is 2.25. The third-order valence-electron chi connectivity index (χ3n) is 5.24. The van der Waals surface area contributed by atoms with Crippen molar-refractivity contribution in [3.05, 3.63) is 59.9 Å². The van der Waals surface area contributed by atoms with E-state index in [1.165, 1.54) is 0 Å². The molecular weight excluding hydrogens is 395 g/mol. The van der Waals surface area contributed by atoms with Crippen molar-refractivity contribution in [1.82, 2.24) is 14.8 Å². The topological polar surface area (TPSA) is 62.5 Å². The van der Waals surface area contributed by atoms with Gasteiger partial charge in [0.05, 0.1) is 6.42 Å². The fraction of sp³-hybridized carbons (Fsp3) is 0.429. The van der Waals surface area contributed by atoms with Gasteiger partial charge in [-0.3, -0.25) is 9.78 Å².